The molecule has 0 fully saturated rings. The van der Waals surface area contributed by atoms with Gasteiger partial charge in [0, 0.05) is 13.0 Å². The van der Waals surface area contributed by atoms with Crippen molar-refractivity contribution in [1.82, 2.24) is 10.1 Å². The molecular formula is C15H16F3N3O3. The summed E-state index contributed by atoms with van der Waals surface area (Å²) in [4.78, 5) is 16.0. The van der Waals surface area contributed by atoms with E-state index in [0.717, 1.165) is 12.1 Å². The lowest BCUT2D eigenvalue weighted by molar-refractivity contribution is -0.137. The van der Waals surface area contributed by atoms with Crippen LogP contribution in [-0.4, -0.2) is 23.2 Å². The standard InChI is InChI=1S/C15H16F3N3O3/c1-9(7-10-3-5-11(6-4-10)15(16,17)18)13(22)20-14-19-12(8-23-2)21-24-14/h3-6,9H,7-8H2,1-2H3,(H,19,20,21,22). The highest BCUT2D eigenvalue weighted by Crippen LogP contribution is 2.29. The smallest absolute Gasteiger partial charge is 0.377 e. The molecule has 0 saturated carbocycles. The number of benzene rings is 1. The predicted molar refractivity (Wildman–Crippen MR) is 78.0 cm³/mol. The summed E-state index contributed by atoms with van der Waals surface area (Å²) in [5.74, 6) is -0.565. The van der Waals surface area contributed by atoms with Crippen LogP contribution in [0.4, 0.5) is 19.2 Å². The monoisotopic (exact) mass is 343 g/mol. The normalized spacial score (nSPS) is 12.9. The van der Waals surface area contributed by atoms with Gasteiger partial charge in [0.1, 0.15) is 6.61 Å². The second-order valence-corrected chi connectivity index (χ2v) is 5.24. The molecule has 0 radical (unpaired) electrons. The van der Waals surface area contributed by atoms with Crippen LogP contribution in [0, 0.1) is 5.92 Å². The largest absolute Gasteiger partial charge is 0.416 e. The lowest BCUT2D eigenvalue weighted by atomic mass is 9.99. The topological polar surface area (TPSA) is 77.3 Å². The summed E-state index contributed by atoms with van der Waals surface area (Å²) in [6.07, 6.45) is -4.09. The molecule has 1 aromatic carbocycles. The van der Waals surface area contributed by atoms with E-state index in [9.17, 15) is 18.0 Å². The quantitative estimate of drug-likeness (QED) is 0.872. The van der Waals surface area contributed by atoms with Crippen molar-refractivity contribution < 1.29 is 27.2 Å². The van der Waals surface area contributed by atoms with Crippen LogP contribution in [0.5, 0.6) is 0 Å². The van der Waals surface area contributed by atoms with Crippen molar-refractivity contribution in [3.8, 4) is 0 Å². The van der Waals surface area contributed by atoms with Crippen LogP contribution in [0.2, 0.25) is 0 Å². The number of alkyl halides is 3. The van der Waals surface area contributed by atoms with Gasteiger partial charge >= 0.3 is 12.2 Å². The van der Waals surface area contributed by atoms with Crippen LogP contribution in [0.1, 0.15) is 23.9 Å². The summed E-state index contributed by atoms with van der Waals surface area (Å²) >= 11 is 0. The third kappa shape index (κ3) is 4.79. The Morgan fingerprint density at radius 1 is 1.33 bits per heavy atom. The highest BCUT2D eigenvalue weighted by molar-refractivity contribution is 5.90. The van der Waals surface area contributed by atoms with E-state index in [4.69, 9.17) is 9.26 Å². The van der Waals surface area contributed by atoms with E-state index in [1.54, 1.807) is 6.92 Å². The molecule has 0 saturated heterocycles. The van der Waals surface area contributed by atoms with Gasteiger partial charge in [0.25, 0.3) is 0 Å². The van der Waals surface area contributed by atoms with Crippen LogP contribution < -0.4 is 5.32 Å². The Labute approximate surface area is 136 Å². The summed E-state index contributed by atoms with van der Waals surface area (Å²) < 4.78 is 47.2. The molecule has 0 aliphatic rings. The lowest BCUT2D eigenvalue weighted by Gasteiger charge is -2.11. The molecule has 1 heterocycles. The number of methoxy groups -OCH3 is 1. The molecule has 1 N–H and O–H groups in total. The van der Waals surface area contributed by atoms with Crippen molar-refractivity contribution in [3.63, 3.8) is 0 Å². The van der Waals surface area contributed by atoms with Crippen LogP contribution in [0.25, 0.3) is 0 Å². The van der Waals surface area contributed by atoms with Gasteiger partial charge in [0.05, 0.1) is 5.56 Å². The molecule has 0 aliphatic carbocycles. The number of nitrogens with one attached hydrogen (secondary N) is 1. The summed E-state index contributed by atoms with van der Waals surface area (Å²) in [5, 5.41) is 6.06. The zero-order valence-electron chi connectivity index (χ0n) is 13.1. The van der Waals surface area contributed by atoms with Gasteiger partial charge in [-0.3, -0.25) is 10.1 Å². The number of rotatable bonds is 6. The minimum absolute atomic E-state index is 0.0497. The third-order valence-corrected chi connectivity index (χ3v) is 3.24. The fraction of sp³-hybridized carbons (Fsp3) is 0.400. The maximum absolute atomic E-state index is 12.5. The third-order valence-electron chi connectivity index (χ3n) is 3.24. The van der Waals surface area contributed by atoms with Gasteiger partial charge in [-0.25, -0.2) is 0 Å². The van der Waals surface area contributed by atoms with Gasteiger partial charge in [-0.05, 0) is 24.1 Å². The first kappa shape index (κ1) is 17.9. The van der Waals surface area contributed by atoms with Crippen molar-refractivity contribution in [2.24, 2.45) is 5.92 Å². The van der Waals surface area contributed by atoms with E-state index in [0.29, 0.717) is 11.4 Å². The minimum Gasteiger partial charge on any atom is -0.377 e. The zero-order chi connectivity index (χ0) is 17.7. The number of halogens is 3. The molecule has 0 bridgehead atoms. The number of hydrogen-bond acceptors (Lipinski definition) is 5. The number of amides is 1. The van der Waals surface area contributed by atoms with Gasteiger partial charge in [-0.1, -0.05) is 24.2 Å². The number of carbonyl (C=O) groups excluding carboxylic acids is 1. The van der Waals surface area contributed by atoms with Gasteiger partial charge in [0.15, 0.2) is 5.82 Å². The molecular weight excluding hydrogens is 327 g/mol. The molecule has 9 heteroatoms. The van der Waals surface area contributed by atoms with Crippen LogP contribution in [0.15, 0.2) is 28.8 Å². The van der Waals surface area contributed by atoms with Crippen molar-refractivity contribution in [2.75, 3.05) is 12.4 Å². The number of anilines is 1. The number of nitrogens with zero attached hydrogens (tertiary/aromatic N) is 2. The minimum atomic E-state index is -4.38. The van der Waals surface area contributed by atoms with E-state index in [1.165, 1.54) is 19.2 Å². The molecule has 130 valence electrons. The van der Waals surface area contributed by atoms with E-state index in [2.05, 4.69) is 15.5 Å². The van der Waals surface area contributed by atoms with Crippen molar-refractivity contribution in [2.45, 2.75) is 26.1 Å². The lowest BCUT2D eigenvalue weighted by Crippen LogP contribution is -2.22. The number of carbonyl (C=O) groups is 1. The Kier molecular flexibility index (Phi) is 5.55. The fourth-order valence-electron chi connectivity index (χ4n) is 2.00. The first-order valence-corrected chi connectivity index (χ1v) is 7.08. The molecule has 6 nitrogen and oxygen atoms in total. The van der Waals surface area contributed by atoms with E-state index >= 15 is 0 Å². The molecule has 24 heavy (non-hydrogen) atoms. The SMILES string of the molecule is COCc1noc(NC(=O)C(C)Cc2ccc(C(F)(F)F)cc2)n1. The highest BCUT2D eigenvalue weighted by Gasteiger charge is 2.30. The second-order valence-electron chi connectivity index (χ2n) is 5.24. The second kappa shape index (κ2) is 7.43. The van der Waals surface area contributed by atoms with E-state index in [1.807, 2.05) is 0 Å². The average molecular weight is 343 g/mol. The van der Waals surface area contributed by atoms with E-state index in [-0.39, 0.29) is 24.9 Å². The Morgan fingerprint density at radius 3 is 2.58 bits per heavy atom. The van der Waals surface area contributed by atoms with Gasteiger partial charge in [0.2, 0.25) is 5.91 Å². The number of hydrogen-bond donors (Lipinski definition) is 1. The Morgan fingerprint density at radius 2 is 2.00 bits per heavy atom. The average Bonchev–Trinajstić information content (AvgIpc) is 2.94. The number of aromatic nitrogens is 2. The first-order chi connectivity index (χ1) is 11.3. The zero-order valence-corrected chi connectivity index (χ0v) is 13.1. The van der Waals surface area contributed by atoms with Gasteiger partial charge in [-0.2, -0.15) is 18.2 Å². The van der Waals surface area contributed by atoms with E-state index < -0.39 is 17.7 Å². The number of ether oxygens (including phenoxy) is 1. The molecule has 0 aliphatic heterocycles. The highest BCUT2D eigenvalue weighted by atomic mass is 19.4. The summed E-state index contributed by atoms with van der Waals surface area (Å²) in [5.41, 5.74) is -0.101. The summed E-state index contributed by atoms with van der Waals surface area (Å²) in [6.45, 7) is 1.81. The molecule has 0 spiro atoms. The predicted octanol–water partition coefficient (Wildman–Crippen LogP) is 3.05. The molecule has 1 amide bonds. The Hall–Kier alpha value is -2.42. The summed E-state index contributed by atoms with van der Waals surface area (Å²) in [6, 6.07) is 4.65. The molecule has 2 rings (SSSR count). The molecule has 1 unspecified atom stereocenters. The molecule has 2 aromatic rings. The summed E-state index contributed by atoms with van der Waals surface area (Å²) in [7, 11) is 1.47. The van der Waals surface area contributed by atoms with Crippen LogP contribution in [0.3, 0.4) is 0 Å². The van der Waals surface area contributed by atoms with Crippen molar-refractivity contribution in [3.05, 3.63) is 41.2 Å². The van der Waals surface area contributed by atoms with Crippen LogP contribution >= 0.6 is 0 Å². The first-order valence-electron chi connectivity index (χ1n) is 7.08. The fourth-order valence-corrected chi connectivity index (χ4v) is 2.00. The Bertz CT molecular complexity index is 683. The maximum atomic E-state index is 12.5. The Balaban J connectivity index is 1.93. The van der Waals surface area contributed by atoms with Crippen molar-refractivity contribution in [1.29, 1.82) is 0 Å². The van der Waals surface area contributed by atoms with Gasteiger partial charge < -0.3 is 9.26 Å². The van der Waals surface area contributed by atoms with Crippen LogP contribution in [-0.2, 0) is 28.7 Å². The van der Waals surface area contributed by atoms with Crippen molar-refractivity contribution >= 4 is 11.9 Å². The molecule has 1 atom stereocenters. The molecule has 1 aromatic heterocycles. The van der Waals surface area contributed by atoms with Gasteiger partial charge in [-0.15, -0.1) is 0 Å². The maximum Gasteiger partial charge on any atom is 0.416 e.